The summed E-state index contributed by atoms with van der Waals surface area (Å²) < 4.78 is 23.6. The minimum Gasteiger partial charge on any atom is -0.459 e. The first kappa shape index (κ1) is 18.5. The van der Waals surface area contributed by atoms with Gasteiger partial charge in [0.15, 0.2) is 12.4 Å². The number of hydrogen-bond acceptors (Lipinski definition) is 6. The van der Waals surface area contributed by atoms with Crippen LogP contribution in [0.1, 0.15) is 36.1 Å². The molecule has 1 N–H and O–H groups in total. The second kappa shape index (κ2) is 7.96. The highest BCUT2D eigenvalue weighted by Crippen LogP contribution is 2.28. The van der Waals surface area contributed by atoms with E-state index in [-0.39, 0.29) is 16.2 Å². The van der Waals surface area contributed by atoms with Crippen LogP contribution in [-0.2, 0) is 4.74 Å². The zero-order chi connectivity index (χ0) is 19.4. The second-order valence-corrected chi connectivity index (χ2v) is 6.59. The van der Waals surface area contributed by atoms with Crippen molar-refractivity contribution in [3.8, 4) is 0 Å². The number of Topliss-reactive ketones (excluding diaryl/α,β-unsaturated/α-hetero) is 1. The van der Waals surface area contributed by atoms with Gasteiger partial charge in [0.05, 0.1) is 16.8 Å². The fourth-order valence-corrected chi connectivity index (χ4v) is 3.25. The van der Waals surface area contributed by atoms with Crippen LogP contribution in [-0.4, -0.2) is 24.3 Å². The number of furan rings is 1. The first-order valence-corrected chi connectivity index (χ1v) is 8.67. The van der Waals surface area contributed by atoms with Crippen LogP contribution in [0.4, 0.5) is 9.39 Å². The van der Waals surface area contributed by atoms with E-state index in [1.165, 1.54) is 30.5 Å². The Morgan fingerprint density at radius 2 is 1.96 bits per heavy atom. The van der Waals surface area contributed by atoms with Crippen molar-refractivity contribution in [2.24, 2.45) is 0 Å². The highest BCUT2D eigenvalue weighted by Gasteiger charge is 2.19. The van der Waals surface area contributed by atoms with E-state index in [9.17, 15) is 18.8 Å². The smallest absolute Gasteiger partial charge is 0.349 e. The number of aryl methyl sites for hydroxylation is 1. The lowest BCUT2D eigenvalue weighted by Gasteiger charge is -2.04. The van der Waals surface area contributed by atoms with E-state index in [0.717, 1.165) is 17.4 Å². The van der Waals surface area contributed by atoms with Crippen molar-refractivity contribution in [3.63, 3.8) is 0 Å². The molecule has 0 aliphatic carbocycles. The predicted molar refractivity (Wildman–Crippen MR) is 96.7 cm³/mol. The van der Waals surface area contributed by atoms with Gasteiger partial charge in [-0.3, -0.25) is 9.59 Å². The monoisotopic (exact) mass is 387 g/mol. The first-order valence-electron chi connectivity index (χ1n) is 7.86. The minimum atomic E-state index is -0.722. The number of carbonyl (C=O) groups is 3. The maximum absolute atomic E-state index is 13.6. The fraction of sp³-hybridized carbons (Fsp3) is 0.105. The van der Waals surface area contributed by atoms with Gasteiger partial charge >= 0.3 is 5.97 Å². The molecule has 0 unspecified atom stereocenters. The Hall–Kier alpha value is -3.26. The van der Waals surface area contributed by atoms with Gasteiger partial charge in [-0.05, 0) is 42.8 Å². The highest BCUT2D eigenvalue weighted by molar-refractivity contribution is 7.18. The molecule has 2 aromatic heterocycles. The van der Waals surface area contributed by atoms with E-state index in [4.69, 9.17) is 9.15 Å². The molecule has 138 valence electrons. The molecule has 3 rings (SSSR count). The summed E-state index contributed by atoms with van der Waals surface area (Å²) in [5, 5.41) is 3.05. The van der Waals surface area contributed by atoms with E-state index in [1.807, 2.05) is 0 Å². The van der Waals surface area contributed by atoms with Gasteiger partial charge in [-0.2, -0.15) is 0 Å². The fourth-order valence-electron chi connectivity index (χ4n) is 2.29. The molecule has 6 nitrogen and oxygen atoms in total. The van der Waals surface area contributed by atoms with Crippen molar-refractivity contribution < 1.29 is 27.9 Å². The molecule has 0 atom stereocenters. The van der Waals surface area contributed by atoms with Crippen LogP contribution in [0.2, 0.25) is 0 Å². The van der Waals surface area contributed by atoms with Crippen LogP contribution in [0.3, 0.4) is 0 Å². The molecule has 0 radical (unpaired) electrons. The van der Waals surface area contributed by atoms with Gasteiger partial charge < -0.3 is 14.5 Å². The van der Waals surface area contributed by atoms with E-state index in [1.54, 1.807) is 19.1 Å². The third kappa shape index (κ3) is 4.29. The van der Waals surface area contributed by atoms with Gasteiger partial charge in [0.1, 0.15) is 10.7 Å². The van der Waals surface area contributed by atoms with Gasteiger partial charge in [-0.15, -0.1) is 11.3 Å². The molecule has 0 saturated carbocycles. The summed E-state index contributed by atoms with van der Waals surface area (Å²) in [6.07, 6.45) is 1.38. The van der Waals surface area contributed by atoms with E-state index >= 15 is 0 Å². The molecule has 1 amide bonds. The molecule has 1 aromatic carbocycles. The molecule has 8 heteroatoms. The van der Waals surface area contributed by atoms with Crippen molar-refractivity contribution in [2.75, 3.05) is 11.9 Å². The number of esters is 1. The van der Waals surface area contributed by atoms with E-state index < -0.39 is 30.1 Å². The van der Waals surface area contributed by atoms with Crippen LogP contribution < -0.4 is 5.32 Å². The Labute approximate surface area is 157 Å². The lowest BCUT2D eigenvalue weighted by Crippen LogP contribution is -2.15. The van der Waals surface area contributed by atoms with E-state index in [2.05, 4.69) is 5.32 Å². The maximum Gasteiger partial charge on any atom is 0.349 e. The van der Waals surface area contributed by atoms with Gasteiger partial charge in [-0.1, -0.05) is 12.1 Å². The summed E-state index contributed by atoms with van der Waals surface area (Å²) in [5.41, 5.74) is 0.442. The summed E-state index contributed by atoms with van der Waals surface area (Å²) in [6, 6.07) is 10.2. The van der Waals surface area contributed by atoms with Gasteiger partial charge in [0, 0.05) is 0 Å². The Morgan fingerprint density at radius 1 is 1.19 bits per heavy atom. The number of benzene rings is 1. The highest BCUT2D eigenvalue weighted by atomic mass is 32.1. The Morgan fingerprint density at radius 3 is 2.67 bits per heavy atom. The number of carbonyl (C=O) groups excluding carboxylic acids is 3. The van der Waals surface area contributed by atoms with Gasteiger partial charge in [-0.25, -0.2) is 9.18 Å². The number of ketones is 1. The molecule has 0 aliphatic rings. The summed E-state index contributed by atoms with van der Waals surface area (Å²) in [5.74, 6) is -2.34. The summed E-state index contributed by atoms with van der Waals surface area (Å²) in [7, 11) is 0. The quantitative estimate of drug-likeness (QED) is 0.509. The third-order valence-corrected chi connectivity index (χ3v) is 4.73. The van der Waals surface area contributed by atoms with Crippen molar-refractivity contribution in [3.05, 3.63) is 76.3 Å². The molecule has 0 spiro atoms. The Bertz CT molecular complexity index is 993. The normalized spacial score (nSPS) is 10.4. The summed E-state index contributed by atoms with van der Waals surface area (Å²) >= 11 is 1.01. The number of rotatable bonds is 6. The maximum atomic E-state index is 13.6. The molecule has 27 heavy (non-hydrogen) atoms. The third-order valence-electron chi connectivity index (χ3n) is 3.59. The first-order chi connectivity index (χ1) is 13.0. The van der Waals surface area contributed by atoms with Crippen molar-refractivity contribution in [1.82, 2.24) is 0 Å². The number of nitrogens with one attached hydrogen (secondary N) is 1. The second-order valence-electron chi connectivity index (χ2n) is 5.53. The standard InChI is InChI=1S/C19H14FNO5S/c1-11-9-16(21-18(23)15-7-4-8-25-15)27-17(11)19(24)26-10-14(22)12-5-2-3-6-13(12)20/h2-9H,10H2,1H3,(H,21,23). The molecule has 0 fully saturated rings. The Balaban J connectivity index is 1.63. The van der Waals surface area contributed by atoms with Crippen LogP contribution in [0.5, 0.6) is 0 Å². The molecular weight excluding hydrogens is 373 g/mol. The molecular formula is C19H14FNO5S. The number of hydrogen-bond donors (Lipinski definition) is 1. The zero-order valence-corrected chi connectivity index (χ0v) is 15.0. The lowest BCUT2D eigenvalue weighted by atomic mass is 10.1. The van der Waals surface area contributed by atoms with Crippen LogP contribution in [0, 0.1) is 12.7 Å². The topological polar surface area (TPSA) is 85.6 Å². The molecule has 3 aromatic rings. The average molecular weight is 387 g/mol. The SMILES string of the molecule is Cc1cc(NC(=O)c2ccco2)sc1C(=O)OCC(=O)c1ccccc1F. The molecule has 0 saturated heterocycles. The van der Waals surface area contributed by atoms with Gasteiger partial charge in [0.25, 0.3) is 5.91 Å². The summed E-state index contributed by atoms with van der Waals surface area (Å²) in [6.45, 7) is 1.10. The molecule has 0 bridgehead atoms. The largest absolute Gasteiger partial charge is 0.459 e. The molecule has 0 aliphatic heterocycles. The van der Waals surface area contributed by atoms with Crippen molar-refractivity contribution >= 4 is 34.0 Å². The van der Waals surface area contributed by atoms with Gasteiger partial charge in [0.2, 0.25) is 5.78 Å². The lowest BCUT2D eigenvalue weighted by molar-refractivity contribution is 0.0477. The van der Waals surface area contributed by atoms with Crippen LogP contribution in [0.25, 0.3) is 0 Å². The molecule has 2 heterocycles. The minimum absolute atomic E-state index is 0.139. The number of halogens is 1. The van der Waals surface area contributed by atoms with Crippen LogP contribution >= 0.6 is 11.3 Å². The predicted octanol–water partition coefficient (Wildman–Crippen LogP) is 4.08. The Kier molecular flexibility index (Phi) is 5.46. The number of ether oxygens (including phenoxy) is 1. The number of thiophene rings is 1. The van der Waals surface area contributed by atoms with Crippen LogP contribution in [0.15, 0.2) is 53.1 Å². The number of anilines is 1. The zero-order valence-electron chi connectivity index (χ0n) is 14.2. The summed E-state index contributed by atoms with van der Waals surface area (Å²) in [4.78, 5) is 36.4. The average Bonchev–Trinajstić information content (AvgIpc) is 3.30. The van der Waals surface area contributed by atoms with Crippen molar-refractivity contribution in [1.29, 1.82) is 0 Å². The van der Waals surface area contributed by atoms with Crippen molar-refractivity contribution in [2.45, 2.75) is 6.92 Å². The van der Waals surface area contributed by atoms with E-state index in [0.29, 0.717) is 10.6 Å². The number of amides is 1.